The maximum Gasteiger partial charge on any atom is 0.162 e. The zero-order valence-electron chi connectivity index (χ0n) is 17.0. The molecule has 1 N–H and O–H groups in total. The number of ether oxygens (including phenoxy) is 5. The van der Waals surface area contributed by atoms with E-state index < -0.39 is 0 Å². The van der Waals surface area contributed by atoms with Crippen molar-refractivity contribution in [1.82, 2.24) is 0 Å². The van der Waals surface area contributed by atoms with Gasteiger partial charge in [-0.25, -0.2) is 0 Å². The van der Waals surface area contributed by atoms with E-state index in [1.807, 2.05) is 30.3 Å². The molecule has 6 nitrogen and oxygen atoms in total. The van der Waals surface area contributed by atoms with Gasteiger partial charge in [0.2, 0.25) is 0 Å². The van der Waals surface area contributed by atoms with Crippen molar-refractivity contribution in [3.05, 3.63) is 30.3 Å². The van der Waals surface area contributed by atoms with E-state index in [9.17, 15) is 5.11 Å². The normalized spacial score (nSPS) is 30.6. The molecule has 0 bridgehead atoms. The monoisotopic (exact) mass is 394 g/mol. The Morgan fingerprint density at radius 2 is 1.89 bits per heavy atom. The summed E-state index contributed by atoms with van der Waals surface area (Å²) in [5.41, 5.74) is 0. The van der Waals surface area contributed by atoms with E-state index in [-0.39, 0.29) is 43.2 Å². The van der Waals surface area contributed by atoms with Gasteiger partial charge in [0.1, 0.15) is 11.9 Å². The summed E-state index contributed by atoms with van der Waals surface area (Å²) in [5, 5.41) is 9.41. The van der Waals surface area contributed by atoms with E-state index in [4.69, 9.17) is 23.7 Å². The fourth-order valence-corrected chi connectivity index (χ4v) is 4.55. The van der Waals surface area contributed by atoms with Crippen LogP contribution in [0.4, 0.5) is 0 Å². The van der Waals surface area contributed by atoms with E-state index in [1.54, 1.807) is 14.2 Å². The first-order chi connectivity index (χ1) is 13.8. The van der Waals surface area contributed by atoms with Crippen LogP contribution in [0, 0.1) is 11.8 Å². The Morgan fingerprint density at radius 1 is 1.11 bits per heavy atom. The molecule has 2 aliphatic rings. The van der Waals surface area contributed by atoms with E-state index in [2.05, 4.69) is 0 Å². The average molecular weight is 395 g/mol. The van der Waals surface area contributed by atoms with Crippen molar-refractivity contribution < 1.29 is 28.8 Å². The molecule has 2 fully saturated rings. The van der Waals surface area contributed by atoms with Gasteiger partial charge < -0.3 is 28.8 Å². The van der Waals surface area contributed by atoms with Gasteiger partial charge >= 0.3 is 0 Å². The number of benzene rings is 1. The Hall–Kier alpha value is -1.18. The molecule has 1 aromatic rings. The summed E-state index contributed by atoms with van der Waals surface area (Å²) in [6.45, 7) is 0.904. The summed E-state index contributed by atoms with van der Waals surface area (Å²) in [6, 6.07) is 9.87. The van der Waals surface area contributed by atoms with E-state index in [0.29, 0.717) is 6.42 Å². The van der Waals surface area contributed by atoms with Crippen LogP contribution >= 0.6 is 0 Å². The minimum Gasteiger partial charge on any atom is -0.490 e. The summed E-state index contributed by atoms with van der Waals surface area (Å²) < 4.78 is 29.9. The highest BCUT2D eigenvalue weighted by atomic mass is 16.7. The van der Waals surface area contributed by atoms with Crippen LogP contribution in [0.1, 0.15) is 38.5 Å². The summed E-state index contributed by atoms with van der Waals surface area (Å²) in [6.07, 6.45) is 4.74. The first kappa shape index (κ1) is 21.5. The second-order valence-electron chi connectivity index (χ2n) is 7.62. The minimum atomic E-state index is -0.387. The third-order valence-corrected chi connectivity index (χ3v) is 5.84. The maximum atomic E-state index is 9.41. The molecule has 1 aliphatic carbocycles. The molecule has 6 heteroatoms. The predicted octanol–water partition coefficient (Wildman–Crippen LogP) is 3.37. The summed E-state index contributed by atoms with van der Waals surface area (Å²) >= 11 is 0. The van der Waals surface area contributed by atoms with Gasteiger partial charge in [-0.1, -0.05) is 18.2 Å². The van der Waals surface area contributed by atoms with Crippen molar-refractivity contribution in [2.24, 2.45) is 11.8 Å². The van der Waals surface area contributed by atoms with Gasteiger partial charge in [0.15, 0.2) is 12.6 Å². The van der Waals surface area contributed by atoms with E-state index >= 15 is 0 Å². The lowest BCUT2D eigenvalue weighted by molar-refractivity contribution is -0.227. The number of hydrogen-bond acceptors (Lipinski definition) is 6. The summed E-state index contributed by atoms with van der Waals surface area (Å²) in [4.78, 5) is 0. The highest BCUT2D eigenvalue weighted by molar-refractivity contribution is 5.21. The number of hydrogen-bond donors (Lipinski definition) is 1. The lowest BCUT2D eigenvalue weighted by Crippen LogP contribution is -2.39. The molecule has 5 unspecified atom stereocenters. The largest absolute Gasteiger partial charge is 0.490 e. The van der Waals surface area contributed by atoms with Gasteiger partial charge in [0.25, 0.3) is 0 Å². The van der Waals surface area contributed by atoms with Crippen LogP contribution < -0.4 is 4.74 Å². The summed E-state index contributed by atoms with van der Waals surface area (Å²) in [5.74, 6) is 1.02. The number of aliphatic hydroxyl groups excluding tert-OH is 1. The van der Waals surface area contributed by atoms with E-state index in [1.165, 1.54) is 0 Å². The number of aliphatic hydroxyl groups is 1. The smallest absolute Gasteiger partial charge is 0.162 e. The molecule has 0 radical (unpaired) electrons. The van der Waals surface area contributed by atoms with Crippen molar-refractivity contribution in [2.45, 2.75) is 63.3 Å². The van der Waals surface area contributed by atoms with Crippen molar-refractivity contribution in [3.63, 3.8) is 0 Å². The lowest BCUT2D eigenvalue weighted by atomic mass is 9.88. The van der Waals surface area contributed by atoms with Crippen LogP contribution in [0.15, 0.2) is 30.3 Å². The quantitative estimate of drug-likeness (QED) is 0.614. The highest BCUT2D eigenvalue weighted by Gasteiger charge is 2.50. The third kappa shape index (κ3) is 5.45. The van der Waals surface area contributed by atoms with Gasteiger partial charge in [0, 0.05) is 45.7 Å². The summed E-state index contributed by atoms with van der Waals surface area (Å²) in [7, 11) is 3.33. The van der Waals surface area contributed by atoms with Gasteiger partial charge in [0.05, 0.1) is 6.10 Å². The maximum absolute atomic E-state index is 9.41. The second kappa shape index (κ2) is 11.1. The minimum absolute atomic E-state index is 0.0146. The first-order valence-corrected chi connectivity index (χ1v) is 10.4. The average Bonchev–Trinajstić information content (AvgIpc) is 3.05. The SMILES string of the molecule is COC(OC)C1C(OC2CCCCO2)CC(Oc2ccccc2)C1CCCO. The fourth-order valence-electron chi connectivity index (χ4n) is 4.55. The lowest BCUT2D eigenvalue weighted by Gasteiger charge is -2.33. The van der Waals surface area contributed by atoms with Crippen molar-refractivity contribution >= 4 is 0 Å². The molecule has 1 saturated heterocycles. The Morgan fingerprint density at radius 3 is 2.54 bits per heavy atom. The van der Waals surface area contributed by atoms with E-state index in [0.717, 1.165) is 44.5 Å². The molecule has 0 amide bonds. The molecule has 28 heavy (non-hydrogen) atoms. The van der Waals surface area contributed by atoms with Crippen molar-refractivity contribution in [2.75, 3.05) is 27.4 Å². The molecule has 158 valence electrons. The topological polar surface area (TPSA) is 66.4 Å². The molecule has 1 saturated carbocycles. The second-order valence-corrected chi connectivity index (χ2v) is 7.62. The molecular formula is C22H34O6. The zero-order valence-corrected chi connectivity index (χ0v) is 17.0. The third-order valence-electron chi connectivity index (χ3n) is 5.84. The Kier molecular flexibility index (Phi) is 8.55. The Bertz CT molecular complexity index is 543. The van der Waals surface area contributed by atoms with Crippen LogP contribution in [-0.4, -0.2) is 57.3 Å². The molecule has 0 spiro atoms. The molecular weight excluding hydrogens is 360 g/mol. The number of methoxy groups -OCH3 is 2. The number of rotatable bonds is 10. The molecule has 1 aromatic carbocycles. The van der Waals surface area contributed by atoms with Gasteiger partial charge in [-0.2, -0.15) is 0 Å². The first-order valence-electron chi connectivity index (χ1n) is 10.4. The van der Waals surface area contributed by atoms with Crippen LogP contribution in [0.5, 0.6) is 5.75 Å². The van der Waals surface area contributed by atoms with Gasteiger partial charge in [-0.15, -0.1) is 0 Å². The van der Waals surface area contributed by atoms with Crippen molar-refractivity contribution in [1.29, 1.82) is 0 Å². The van der Waals surface area contributed by atoms with Crippen LogP contribution in [0.2, 0.25) is 0 Å². The molecule has 1 aliphatic heterocycles. The Balaban J connectivity index is 1.79. The molecule has 3 rings (SSSR count). The molecule has 1 heterocycles. The van der Waals surface area contributed by atoms with Crippen molar-refractivity contribution in [3.8, 4) is 5.75 Å². The standard InChI is InChI=1S/C22H34O6/c1-24-22(25-2)21-17(11-8-13-23)18(27-16-9-4-3-5-10-16)15-19(21)28-20-12-6-7-14-26-20/h3-5,9-10,17-23H,6-8,11-15H2,1-2H3. The zero-order chi connectivity index (χ0) is 19.8. The van der Waals surface area contributed by atoms with Crippen LogP contribution in [-0.2, 0) is 18.9 Å². The van der Waals surface area contributed by atoms with Gasteiger partial charge in [-0.05, 0) is 44.2 Å². The Labute approximate surface area is 168 Å². The fraction of sp³-hybridized carbons (Fsp3) is 0.727. The van der Waals surface area contributed by atoms with Crippen LogP contribution in [0.25, 0.3) is 0 Å². The molecule has 0 aromatic heterocycles. The highest BCUT2D eigenvalue weighted by Crippen LogP contribution is 2.43. The number of para-hydroxylation sites is 1. The predicted molar refractivity (Wildman–Crippen MR) is 105 cm³/mol. The van der Waals surface area contributed by atoms with Gasteiger partial charge in [-0.3, -0.25) is 0 Å². The molecule has 5 atom stereocenters. The van der Waals surface area contributed by atoms with Crippen LogP contribution in [0.3, 0.4) is 0 Å².